The number of halogens is 1. The molecule has 24 heavy (non-hydrogen) atoms. The van der Waals surface area contributed by atoms with Crippen molar-refractivity contribution < 1.29 is 9.13 Å². The van der Waals surface area contributed by atoms with Gasteiger partial charge >= 0.3 is 0 Å². The summed E-state index contributed by atoms with van der Waals surface area (Å²) in [6.07, 6.45) is 0. The Balaban J connectivity index is 1.98. The third-order valence-electron chi connectivity index (χ3n) is 3.82. The molecule has 0 aliphatic carbocycles. The van der Waals surface area contributed by atoms with Crippen LogP contribution in [0, 0.1) is 12.7 Å². The molecule has 3 rings (SSSR count). The molecule has 7 heteroatoms. The smallest absolute Gasteiger partial charge is 0.254 e. The second kappa shape index (κ2) is 6.94. The number of aromatic amines is 1. The van der Waals surface area contributed by atoms with Crippen LogP contribution in [-0.2, 0) is 11.3 Å². The number of ether oxygens (including phenoxy) is 1. The van der Waals surface area contributed by atoms with Crippen molar-refractivity contribution in [2.24, 2.45) is 0 Å². The lowest BCUT2D eigenvalue weighted by Crippen LogP contribution is -2.24. The van der Waals surface area contributed by atoms with Gasteiger partial charge in [0.25, 0.3) is 5.56 Å². The van der Waals surface area contributed by atoms with Gasteiger partial charge in [-0.05, 0) is 37.3 Å². The number of hydrogen-bond donors (Lipinski definition) is 2. The van der Waals surface area contributed by atoms with Crippen LogP contribution in [-0.4, -0.2) is 35.0 Å². The lowest BCUT2D eigenvalue weighted by Gasteiger charge is -2.06. The third kappa shape index (κ3) is 3.22. The van der Waals surface area contributed by atoms with E-state index in [-0.39, 0.29) is 11.4 Å². The van der Waals surface area contributed by atoms with Gasteiger partial charge in [-0.1, -0.05) is 0 Å². The van der Waals surface area contributed by atoms with Crippen molar-refractivity contribution in [1.29, 1.82) is 0 Å². The highest BCUT2D eigenvalue weighted by molar-refractivity contribution is 5.80. The number of rotatable bonds is 6. The third-order valence-corrected chi connectivity index (χ3v) is 3.82. The Morgan fingerprint density at radius 3 is 2.79 bits per heavy atom. The molecular formula is C17H19FN4O2. The summed E-state index contributed by atoms with van der Waals surface area (Å²) in [5.74, 6) is -0.315. The summed E-state index contributed by atoms with van der Waals surface area (Å²) in [6.45, 7) is 3.59. The lowest BCUT2D eigenvalue weighted by atomic mass is 10.2. The second-order valence-electron chi connectivity index (χ2n) is 5.53. The van der Waals surface area contributed by atoms with Gasteiger partial charge in [-0.15, -0.1) is 0 Å². The largest absolute Gasteiger partial charge is 0.383 e. The van der Waals surface area contributed by atoms with Crippen molar-refractivity contribution in [3.63, 3.8) is 0 Å². The first kappa shape index (κ1) is 16.4. The van der Waals surface area contributed by atoms with Crippen LogP contribution in [0.3, 0.4) is 0 Å². The Morgan fingerprint density at radius 1 is 1.33 bits per heavy atom. The van der Waals surface area contributed by atoms with E-state index in [1.165, 1.54) is 12.1 Å². The summed E-state index contributed by atoms with van der Waals surface area (Å²) < 4.78 is 19.7. The summed E-state index contributed by atoms with van der Waals surface area (Å²) in [5.41, 5.74) is 2.56. The highest BCUT2D eigenvalue weighted by Crippen LogP contribution is 2.20. The van der Waals surface area contributed by atoms with Crippen LogP contribution in [0.5, 0.6) is 0 Å². The molecule has 2 aromatic heterocycles. The lowest BCUT2D eigenvalue weighted by molar-refractivity contribution is 0.199. The van der Waals surface area contributed by atoms with Crippen molar-refractivity contribution in [2.45, 2.75) is 13.5 Å². The number of pyridine rings is 1. The molecule has 3 aromatic rings. The van der Waals surface area contributed by atoms with E-state index >= 15 is 0 Å². The second-order valence-corrected chi connectivity index (χ2v) is 5.53. The Kier molecular flexibility index (Phi) is 4.73. The minimum atomic E-state index is -0.315. The van der Waals surface area contributed by atoms with Crippen molar-refractivity contribution >= 4 is 11.0 Å². The van der Waals surface area contributed by atoms with Crippen LogP contribution < -0.4 is 10.9 Å². The number of methoxy groups -OCH3 is 1. The van der Waals surface area contributed by atoms with Crippen molar-refractivity contribution in [1.82, 2.24) is 20.1 Å². The van der Waals surface area contributed by atoms with Crippen LogP contribution in [0.4, 0.5) is 4.39 Å². The molecule has 0 saturated heterocycles. The topological polar surface area (TPSA) is 71.9 Å². The van der Waals surface area contributed by atoms with E-state index in [0.717, 1.165) is 11.1 Å². The molecule has 0 unspecified atom stereocenters. The number of aromatic nitrogens is 3. The van der Waals surface area contributed by atoms with E-state index in [9.17, 15) is 9.18 Å². The van der Waals surface area contributed by atoms with E-state index in [0.29, 0.717) is 36.6 Å². The van der Waals surface area contributed by atoms with Gasteiger partial charge < -0.3 is 15.0 Å². The van der Waals surface area contributed by atoms with Crippen molar-refractivity contribution in [2.75, 3.05) is 20.3 Å². The van der Waals surface area contributed by atoms with Gasteiger partial charge in [0.15, 0.2) is 0 Å². The van der Waals surface area contributed by atoms with Gasteiger partial charge in [0.1, 0.15) is 11.5 Å². The molecule has 6 nitrogen and oxygen atoms in total. The number of aryl methyl sites for hydroxylation is 1. The van der Waals surface area contributed by atoms with Crippen LogP contribution in [0.2, 0.25) is 0 Å². The Hall–Kier alpha value is -2.51. The summed E-state index contributed by atoms with van der Waals surface area (Å²) >= 11 is 0. The maximum absolute atomic E-state index is 13.1. The van der Waals surface area contributed by atoms with E-state index in [1.54, 1.807) is 23.9 Å². The molecular weight excluding hydrogens is 311 g/mol. The predicted octanol–water partition coefficient (Wildman–Crippen LogP) is 1.90. The maximum atomic E-state index is 13.1. The number of nitrogens with one attached hydrogen (secondary N) is 2. The summed E-state index contributed by atoms with van der Waals surface area (Å²) in [5, 5.41) is 8.49. The number of benzene rings is 1. The SMILES string of the molecule is COCCNCc1cc2c(C)nn(-c3ccc(F)cc3)c2[nH]c1=O. The van der Waals surface area contributed by atoms with Crippen molar-refractivity contribution in [3.05, 3.63) is 57.8 Å². The summed E-state index contributed by atoms with van der Waals surface area (Å²) in [6, 6.07) is 7.82. The van der Waals surface area contributed by atoms with Crippen LogP contribution >= 0.6 is 0 Å². The fraction of sp³-hybridized carbons (Fsp3) is 0.294. The zero-order valence-corrected chi connectivity index (χ0v) is 13.6. The molecule has 0 amide bonds. The normalized spacial score (nSPS) is 11.3. The Morgan fingerprint density at radius 2 is 2.08 bits per heavy atom. The molecule has 0 atom stereocenters. The van der Waals surface area contributed by atoms with Crippen molar-refractivity contribution in [3.8, 4) is 5.69 Å². The molecule has 126 valence electrons. The molecule has 2 heterocycles. The minimum absolute atomic E-state index is 0.171. The quantitative estimate of drug-likeness (QED) is 0.677. The predicted molar refractivity (Wildman–Crippen MR) is 90.0 cm³/mol. The minimum Gasteiger partial charge on any atom is -0.383 e. The zero-order valence-electron chi connectivity index (χ0n) is 13.6. The average Bonchev–Trinajstić information content (AvgIpc) is 2.88. The van der Waals surface area contributed by atoms with Crippen LogP contribution in [0.1, 0.15) is 11.3 Å². The molecule has 0 fully saturated rings. The van der Waals surface area contributed by atoms with Gasteiger partial charge in [0.2, 0.25) is 0 Å². The molecule has 2 N–H and O–H groups in total. The number of hydrogen-bond acceptors (Lipinski definition) is 4. The molecule has 0 bridgehead atoms. The summed E-state index contributed by atoms with van der Waals surface area (Å²) in [4.78, 5) is 15.2. The van der Waals surface area contributed by atoms with E-state index in [1.807, 2.05) is 13.0 Å². The van der Waals surface area contributed by atoms with Gasteiger partial charge in [-0.25, -0.2) is 9.07 Å². The van der Waals surface area contributed by atoms with E-state index < -0.39 is 0 Å². The first-order chi connectivity index (χ1) is 11.6. The highest BCUT2D eigenvalue weighted by Gasteiger charge is 2.12. The molecule has 0 radical (unpaired) electrons. The average molecular weight is 330 g/mol. The highest BCUT2D eigenvalue weighted by atomic mass is 19.1. The van der Waals surface area contributed by atoms with Crippen LogP contribution in [0.15, 0.2) is 35.1 Å². The van der Waals surface area contributed by atoms with Gasteiger partial charge in [-0.2, -0.15) is 5.10 Å². The fourth-order valence-electron chi connectivity index (χ4n) is 2.56. The fourth-order valence-corrected chi connectivity index (χ4v) is 2.56. The first-order valence-electron chi connectivity index (χ1n) is 7.67. The Bertz CT molecular complexity index is 899. The van der Waals surface area contributed by atoms with E-state index in [4.69, 9.17) is 4.74 Å². The maximum Gasteiger partial charge on any atom is 0.254 e. The monoisotopic (exact) mass is 330 g/mol. The first-order valence-corrected chi connectivity index (χ1v) is 7.67. The standard InChI is InChI=1S/C17H19FN4O2/c1-11-15-9-12(10-19-7-8-24-2)17(23)20-16(15)22(21-11)14-5-3-13(18)4-6-14/h3-6,9,19H,7-8,10H2,1-2H3,(H,20,23). The van der Waals surface area contributed by atoms with Crippen LogP contribution in [0.25, 0.3) is 16.7 Å². The number of fused-ring (bicyclic) bond motifs is 1. The molecule has 1 aromatic carbocycles. The van der Waals surface area contributed by atoms with E-state index in [2.05, 4.69) is 15.4 Å². The Labute approximate surface area is 138 Å². The number of H-pyrrole nitrogens is 1. The van der Waals surface area contributed by atoms with Gasteiger partial charge in [0, 0.05) is 31.1 Å². The van der Waals surface area contributed by atoms with Gasteiger partial charge in [0.05, 0.1) is 18.0 Å². The summed E-state index contributed by atoms with van der Waals surface area (Å²) in [7, 11) is 1.63. The number of nitrogens with zero attached hydrogens (tertiary/aromatic N) is 2. The zero-order chi connectivity index (χ0) is 17.1. The molecule has 0 aliphatic heterocycles. The molecule has 0 aliphatic rings. The van der Waals surface area contributed by atoms with Gasteiger partial charge in [-0.3, -0.25) is 4.79 Å². The molecule has 0 spiro atoms. The molecule has 0 saturated carbocycles.